The number of phosphoric acid groups is 2. The summed E-state index contributed by atoms with van der Waals surface area (Å²) in [7, 11) is -8.89. The molecule has 0 amide bonds. The Balaban J connectivity index is 0. The van der Waals surface area contributed by atoms with Crippen molar-refractivity contribution < 1.29 is 38.1 Å². The smallest absolute Gasteiger partial charge is 0.303 e. The van der Waals surface area contributed by atoms with E-state index in [1.54, 1.807) is 0 Å². The molecule has 0 saturated carbocycles. The number of phosphoric ester groups is 1. The molecule has 0 aromatic rings. The third-order valence-corrected chi connectivity index (χ3v) is 4.28. The molecule has 0 radical (unpaired) electrons. The Labute approximate surface area is 157 Å². The lowest BCUT2D eigenvalue weighted by atomic mass is 10.0. The van der Waals surface area contributed by atoms with Crippen LogP contribution < -0.4 is 0 Å². The Bertz CT molecular complexity index is 372. The molecule has 0 spiro atoms. The zero-order valence-corrected chi connectivity index (χ0v) is 17.8. The van der Waals surface area contributed by atoms with Crippen LogP contribution in [0.1, 0.15) is 96.8 Å². The van der Waals surface area contributed by atoms with Gasteiger partial charge in [-0.3, -0.25) is 4.52 Å². The fourth-order valence-corrected chi connectivity index (χ4v) is 2.85. The van der Waals surface area contributed by atoms with Crippen molar-refractivity contribution in [2.45, 2.75) is 96.8 Å². The lowest BCUT2D eigenvalue weighted by molar-refractivity contribution is 0.193. The van der Waals surface area contributed by atoms with Crippen LogP contribution in [0.2, 0.25) is 0 Å². The molecule has 8 nitrogen and oxygen atoms in total. The van der Waals surface area contributed by atoms with E-state index in [-0.39, 0.29) is 6.61 Å². The molecule has 160 valence electrons. The second-order valence-corrected chi connectivity index (χ2v) is 8.70. The minimum Gasteiger partial charge on any atom is -0.303 e. The third-order valence-electron chi connectivity index (χ3n) is 3.76. The SMILES string of the molecule is CCCCCCCCCCCCCCCCOP(=O)(O)O.O=P(O)(O)O. The highest BCUT2D eigenvalue weighted by Gasteiger charge is 2.12. The van der Waals surface area contributed by atoms with E-state index in [9.17, 15) is 4.57 Å². The van der Waals surface area contributed by atoms with Gasteiger partial charge in [0.15, 0.2) is 0 Å². The predicted molar refractivity (Wildman–Crippen MR) is 103 cm³/mol. The first-order chi connectivity index (χ1) is 12.1. The molecular formula is C16H38O8P2. The lowest BCUT2D eigenvalue weighted by Crippen LogP contribution is -1.92. The standard InChI is InChI=1S/C16H35O4P.H3O4P/c1-2-3-4-5-6-7-8-9-10-11-12-13-14-15-16-20-21(17,18)19;1-5(2,3)4/h2-16H2,1H3,(H2,17,18,19);(H3,1,2,3,4). The Morgan fingerprint density at radius 3 is 1.12 bits per heavy atom. The molecule has 0 unspecified atom stereocenters. The van der Waals surface area contributed by atoms with Crippen molar-refractivity contribution >= 4 is 15.6 Å². The Kier molecular flexibility index (Phi) is 20.3. The maximum atomic E-state index is 10.4. The molecule has 0 aliphatic carbocycles. The molecule has 0 saturated heterocycles. The average Bonchev–Trinajstić information content (AvgIpc) is 2.48. The highest BCUT2D eigenvalue weighted by molar-refractivity contribution is 7.46. The minimum atomic E-state index is -4.64. The second kappa shape index (κ2) is 18.6. The number of rotatable bonds is 16. The molecule has 0 aliphatic rings. The third kappa shape index (κ3) is 39.3. The summed E-state index contributed by atoms with van der Waals surface area (Å²) >= 11 is 0. The van der Waals surface area contributed by atoms with Gasteiger partial charge in [0.1, 0.15) is 0 Å². The van der Waals surface area contributed by atoms with Gasteiger partial charge in [-0.25, -0.2) is 9.13 Å². The van der Waals surface area contributed by atoms with Crippen LogP contribution in [0.25, 0.3) is 0 Å². The van der Waals surface area contributed by atoms with Gasteiger partial charge < -0.3 is 24.5 Å². The molecule has 0 fully saturated rings. The van der Waals surface area contributed by atoms with Crippen LogP contribution in [-0.4, -0.2) is 31.1 Å². The summed E-state index contributed by atoms with van der Waals surface area (Å²) in [5.74, 6) is 0. The molecule has 0 aromatic heterocycles. The number of hydrogen-bond acceptors (Lipinski definition) is 3. The molecule has 0 bridgehead atoms. The Morgan fingerprint density at radius 1 is 0.577 bits per heavy atom. The molecular weight excluding hydrogens is 382 g/mol. The zero-order valence-electron chi connectivity index (χ0n) is 16.0. The summed E-state index contributed by atoms with van der Waals surface area (Å²) in [5, 5.41) is 0. The molecule has 5 N–H and O–H groups in total. The van der Waals surface area contributed by atoms with Gasteiger partial charge in [-0.1, -0.05) is 90.4 Å². The van der Waals surface area contributed by atoms with Gasteiger partial charge in [0.2, 0.25) is 0 Å². The average molecular weight is 420 g/mol. The van der Waals surface area contributed by atoms with E-state index in [0.29, 0.717) is 0 Å². The number of unbranched alkanes of at least 4 members (excludes halogenated alkanes) is 13. The maximum Gasteiger partial charge on any atom is 0.469 e. The Morgan fingerprint density at radius 2 is 0.846 bits per heavy atom. The maximum absolute atomic E-state index is 10.4. The Hall–Kier alpha value is 0.220. The first kappa shape index (κ1) is 28.4. The molecule has 0 aromatic carbocycles. The fourth-order valence-electron chi connectivity index (χ4n) is 2.48. The van der Waals surface area contributed by atoms with Crippen LogP contribution in [0.4, 0.5) is 0 Å². The molecule has 10 heteroatoms. The van der Waals surface area contributed by atoms with Gasteiger partial charge >= 0.3 is 15.6 Å². The fraction of sp³-hybridized carbons (Fsp3) is 1.00. The first-order valence-corrected chi connectivity index (χ1v) is 12.6. The predicted octanol–water partition coefficient (Wildman–Crippen LogP) is 4.65. The molecule has 0 atom stereocenters. The van der Waals surface area contributed by atoms with Crippen molar-refractivity contribution in [3.63, 3.8) is 0 Å². The van der Waals surface area contributed by atoms with Crippen LogP contribution in [0.15, 0.2) is 0 Å². The normalized spacial score (nSPS) is 11.9. The van der Waals surface area contributed by atoms with Crippen LogP contribution in [0.3, 0.4) is 0 Å². The van der Waals surface area contributed by atoms with Gasteiger partial charge in [0.25, 0.3) is 0 Å². The van der Waals surface area contributed by atoms with Gasteiger partial charge in [-0.05, 0) is 6.42 Å². The van der Waals surface area contributed by atoms with E-state index in [1.807, 2.05) is 0 Å². The summed E-state index contributed by atoms with van der Waals surface area (Å²) in [6, 6.07) is 0. The van der Waals surface area contributed by atoms with Crippen LogP contribution in [0, 0.1) is 0 Å². The molecule has 0 aliphatic heterocycles. The summed E-state index contributed by atoms with van der Waals surface area (Å²) in [6.45, 7) is 2.42. The van der Waals surface area contributed by atoms with Gasteiger partial charge in [-0.15, -0.1) is 0 Å². The van der Waals surface area contributed by atoms with Gasteiger partial charge in [0.05, 0.1) is 6.61 Å². The highest BCUT2D eigenvalue weighted by Crippen LogP contribution is 2.35. The first-order valence-electron chi connectivity index (χ1n) is 9.54. The van der Waals surface area contributed by atoms with Crippen molar-refractivity contribution in [3.05, 3.63) is 0 Å². The second-order valence-electron chi connectivity index (χ2n) is 6.43. The van der Waals surface area contributed by atoms with E-state index in [0.717, 1.165) is 19.3 Å². The lowest BCUT2D eigenvalue weighted by Gasteiger charge is -2.05. The largest absolute Gasteiger partial charge is 0.469 e. The summed E-state index contributed by atoms with van der Waals surface area (Å²) in [6.07, 6.45) is 17.8. The summed E-state index contributed by atoms with van der Waals surface area (Å²) in [5.41, 5.74) is 0. The summed E-state index contributed by atoms with van der Waals surface area (Å²) < 4.78 is 23.7. The van der Waals surface area contributed by atoms with E-state index in [1.165, 1.54) is 70.6 Å². The van der Waals surface area contributed by atoms with Crippen molar-refractivity contribution in [1.29, 1.82) is 0 Å². The topological polar surface area (TPSA) is 145 Å². The van der Waals surface area contributed by atoms with E-state index >= 15 is 0 Å². The molecule has 0 heterocycles. The van der Waals surface area contributed by atoms with Crippen molar-refractivity contribution in [2.75, 3.05) is 6.61 Å². The van der Waals surface area contributed by atoms with Crippen molar-refractivity contribution in [1.82, 2.24) is 0 Å². The van der Waals surface area contributed by atoms with Crippen molar-refractivity contribution in [2.24, 2.45) is 0 Å². The molecule has 26 heavy (non-hydrogen) atoms. The number of hydrogen-bond donors (Lipinski definition) is 5. The highest BCUT2D eigenvalue weighted by atomic mass is 31.2. The van der Waals surface area contributed by atoms with E-state index < -0.39 is 15.6 Å². The minimum absolute atomic E-state index is 0.169. The van der Waals surface area contributed by atoms with Gasteiger partial charge in [0, 0.05) is 0 Å². The van der Waals surface area contributed by atoms with Crippen molar-refractivity contribution in [3.8, 4) is 0 Å². The van der Waals surface area contributed by atoms with Crippen LogP contribution >= 0.6 is 15.6 Å². The monoisotopic (exact) mass is 420 g/mol. The quantitative estimate of drug-likeness (QED) is 0.179. The van der Waals surface area contributed by atoms with E-state index in [2.05, 4.69) is 11.4 Å². The molecule has 0 rings (SSSR count). The van der Waals surface area contributed by atoms with Crippen LogP contribution in [0.5, 0.6) is 0 Å². The van der Waals surface area contributed by atoms with Crippen LogP contribution in [-0.2, 0) is 13.7 Å². The van der Waals surface area contributed by atoms with Gasteiger partial charge in [-0.2, -0.15) is 0 Å². The summed E-state index contributed by atoms with van der Waals surface area (Å²) in [4.78, 5) is 38.6. The zero-order chi connectivity index (χ0) is 20.3. The van der Waals surface area contributed by atoms with E-state index in [4.69, 9.17) is 29.0 Å².